The maximum absolute atomic E-state index is 13.8. The van der Waals surface area contributed by atoms with Crippen molar-refractivity contribution in [1.82, 2.24) is 0 Å². The van der Waals surface area contributed by atoms with E-state index in [1.807, 2.05) is 13.8 Å². The number of hydrogen-bond donors (Lipinski definition) is 1. The third-order valence-electron chi connectivity index (χ3n) is 12.7. The van der Waals surface area contributed by atoms with Gasteiger partial charge < -0.3 is 24.1 Å². The van der Waals surface area contributed by atoms with Gasteiger partial charge in [0.1, 0.15) is 35.8 Å². The molecule has 6 aliphatic rings. The molecule has 0 spiro atoms. The van der Waals surface area contributed by atoms with Gasteiger partial charge in [-0.25, -0.2) is 4.79 Å². The third kappa shape index (κ3) is 3.60. The van der Waals surface area contributed by atoms with Gasteiger partial charge in [0.2, 0.25) is 0 Å². The summed E-state index contributed by atoms with van der Waals surface area (Å²) >= 11 is 0. The molecule has 0 aromatic rings. The van der Waals surface area contributed by atoms with Gasteiger partial charge in [0.25, 0.3) is 0 Å². The van der Waals surface area contributed by atoms with Crippen molar-refractivity contribution in [3.05, 3.63) is 11.1 Å². The molecule has 0 radical (unpaired) electrons. The monoisotopic (exact) mass is 572 g/mol. The number of cyclic esters (lactones) is 1. The zero-order valence-electron chi connectivity index (χ0n) is 25.2. The van der Waals surface area contributed by atoms with E-state index in [1.165, 1.54) is 13.8 Å². The molecule has 0 aromatic carbocycles. The molecular weight excluding hydrogens is 528 g/mol. The molecule has 41 heavy (non-hydrogen) atoms. The number of carbonyl (C=O) groups excluding carboxylic acids is 4. The van der Waals surface area contributed by atoms with E-state index in [2.05, 4.69) is 13.8 Å². The number of hydrogen-bond acceptors (Lipinski definition) is 9. The third-order valence-corrected chi connectivity index (χ3v) is 12.7. The van der Waals surface area contributed by atoms with Crippen molar-refractivity contribution in [3.63, 3.8) is 0 Å². The van der Waals surface area contributed by atoms with E-state index in [0.29, 0.717) is 37.7 Å². The SMILES string of the molecule is CC(=O)OCC1=C(C)C[C@H]([C@@]2(C)O[C@@]34CC[C@@H]2[C@@]3(C)CC[C@H]2[C@H]4C[C@@H](OC(C)=O)[C@@]3(O)CCCC(=O)[C@]23C)OC1=O. The Morgan fingerprint density at radius 1 is 1.02 bits per heavy atom. The number of rotatable bonds is 4. The maximum atomic E-state index is 13.8. The topological polar surface area (TPSA) is 125 Å². The molecule has 0 unspecified atom stereocenters. The molecule has 2 heterocycles. The van der Waals surface area contributed by atoms with Crippen LogP contribution in [0.3, 0.4) is 0 Å². The van der Waals surface area contributed by atoms with E-state index in [-0.39, 0.29) is 35.6 Å². The highest BCUT2D eigenvalue weighted by Crippen LogP contribution is 2.76. The predicted octanol–water partition coefficient (Wildman–Crippen LogP) is 3.98. The number of ether oxygens (including phenoxy) is 4. The number of Topliss-reactive ketones (excluding diaryl/α,β-unsaturated/α-hetero) is 1. The van der Waals surface area contributed by atoms with Gasteiger partial charge in [0.15, 0.2) is 0 Å². The number of aliphatic hydroxyl groups is 1. The van der Waals surface area contributed by atoms with Crippen molar-refractivity contribution in [1.29, 1.82) is 0 Å². The normalized spacial score (nSPS) is 48.6. The van der Waals surface area contributed by atoms with Gasteiger partial charge in [-0.05, 0) is 83.5 Å². The zero-order chi connectivity index (χ0) is 29.8. The van der Waals surface area contributed by atoms with Gasteiger partial charge in [-0.3, -0.25) is 14.4 Å². The average Bonchev–Trinajstić information content (AvgIpc) is 3.29. The van der Waals surface area contributed by atoms with Gasteiger partial charge >= 0.3 is 17.9 Å². The lowest BCUT2D eigenvalue weighted by Crippen LogP contribution is -2.73. The molecule has 226 valence electrons. The summed E-state index contributed by atoms with van der Waals surface area (Å²) in [6.45, 7) is 10.7. The summed E-state index contributed by atoms with van der Waals surface area (Å²) in [5, 5.41) is 12.2. The van der Waals surface area contributed by atoms with Gasteiger partial charge in [-0.15, -0.1) is 0 Å². The summed E-state index contributed by atoms with van der Waals surface area (Å²) in [6, 6.07) is 0. The highest BCUT2D eigenvalue weighted by molar-refractivity contribution is 5.91. The Balaban J connectivity index is 1.38. The van der Waals surface area contributed by atoms with E-state index in [4.69, 9.17) is 18.9 Å². The van der Waals surface area contributed by atoms with Crippen LogP contribution in [0.4, 0.5) is 0 Å². The minimum Gasteiger partial charge on any atom is -0.461 e. The van der Waals surface area contributed by atoms with E-state index in [9.17, 15) is 24.3 Å². The number of fused-ring (bicyclic) bond motifs is 3. The summed E-state index contributed by atoms with van der Waals surface area (Å²) in [7, 11) is 0. The van der Waals surface area contributed by atoms with E-state index in [1.54, 1.807) is 0 Å². The highest BCUT2D eigenvalue weighted by Gasteiger charge is 2.80. The van der Waals surface area contributed by atoms with Crippen LogP contribution in [0.1, 0.15) is 99.3 Å². The molecule has 6 rings (SSSR count). The summed E-state index contributed by atoms with van der Waals surface area (Å²) in [6.07, 6.45) is 4.41. The minimum atomic E-state index is -1.40. The van der Waals surface area contributed by atoms with Crippen LogP contribution in [0, 0.1) is 28.6 Å². The highest BCUT2D eigenvalue weighted by atomic mass is 16.6. The van der Waals surface area contributed by atoms with Gasteiger partial charge in [-0.2, -0.15) is 0 Å². The zero-order valence-corrected chi connectivity index (χ0v) is 25.2. The summed E-state index contributed by atoms with van der Waals surface area (Å²) in [5.41, 5.74) is -2.81. The van der Waals surface area contributed by atoms with Gasteiger partial charge in [-0.1, -0.05) is 12.5 Å². The van der Waals surface area contributed by atoms with E-state index >= 15 is 0 Å². The molecule has 2 bridgehead atoms. The molecule has 0 aromatic heterocycles. The fourth-order valence-corrected chi connectivity index (χ4v) is 10.8. The molecule has 4 aliphatic carbocycles. The second kappa shape index (κ2) is 9.12. The molecule has 4 saturated carbocycles. The Bertz CT molecular complexity index is 1240. The second-order valence-corrected chi connectivity index (χ2v) is 14.3. The minimum absolute atomic E-state index is 0.0516. The number of ketones is 1. The first-order chi connectivity index (χ1) is 19.1. The molecule has 9 nitrogen and oxygen atoms in total. The second-order valence-electron chi connectivity index (χ2n) is 14.3. The van der Waals surface area contributed by atoms with E-state index in [0.717, 1.165) is 31.3 Å². The van der Waals surface area contributed by atoms with Crippen LogP contribution >= 0.6 is 0 Å². The van der Waals surface area contributed by atoms with Crippen LogP contribution in [0.25, 0.3) is 0 Å². The average molecular weight is 573 g/mol. The first kappa shape index (κ1) is 28.8. The van der Waals surface area contributed by atoms with Crippen LogP contribution in [-0.2, 0) is 38.1 Å². The Morgan fingerprint density at radius 3 is 2.41 bits per heavy atom. The predicted molar refractivity (Wildman–Crippen MR) is 145 cm³/mol. The van der Waals surface area contributed by atoms with Gasteiger partial charge in [0.05, 0.1) is 16.6 Å². The molecule has 1 N–H and O–H groups in total. The van der Waals surface area contributed by atoms with Crippen LogP contribution in [0.5, 0.6) is 0 Å². The van der Waals surface area contributed by atoms with Crippen molar-refractivity contribution in [2.24, 2.45) is 28.6 Å². The van der Waals surface area contributed by atoms with Crippen LogP contribution < -0.4 is 0 Å². The Morgan fingerprint density at radius 2 is 1.76 bits per heavy atom. The molecule has 0 amide bonds. The smallest absolute Gasteiger partial charge is 0.337 e. The van der Waals surface area contributed by atoms with Crippen LogP contribution in [-0.4, -0.2) is 64.4 Å². The number of esters is 3. The van der Waals surface area contributed by atoms with Crippen molar-refractivity contribution in [2.45, 2.75) is 128 Å². The molecule has 10 atom stereocenters. The lowest BCUT2D eigenvalue weighted by atomic mass is 9.41. The lowest BCUT2D eigenvalue weighted by Gasteiger charge is -2.65. The first-order valence-corrected chi connectivity index (χ1v) is 15.3. The first-order valence-electron chi connectivity index (χ1n) is 15.3. The molecule has 5 fully saturated rings. The molecular formula is C32H44O9. The lowest BCUT2D eigenvalue weighted by molar-refractivity contribution is -0.283. The Labute approximate surface area is 241 Å². The molecule has 2 aliphatic heterocycles. The molecule has 9 heteroatoms. The Hall–Kier alpha value is -2.26. The fraction of sp³-hybridized carbons (Fsp3) is 0.812. The summed E-state index contributed by atoms with van der Waals surface area (Å²) in [4.78, 5) is 50.5. The van der Waals surface area contributed by atoms with E-state index < -0.39 is 52.3 Å². The Kier molecular flexibility index (Phi) is 6.41. The summed E-state index contributed by atoms with van der Waals surface area (Å²) in [5.74, 6) is -1.41. The maximum Gasteiger partial charge on any atom is 0.337 e. The standard InChI is InChI=1S/C32H44O9/c1-17-14-25(40-27(36)20(17)16-38-18(2)33)30(6)23-10-13-32(41-30)22-15-26(39-19(3)34)31(37)11-7-8-24(35)29(31,5)21(22)9-12-28(23,32)4/h21-23,25-26,37H,7-16H2,1-6H3/t21-,22+,23+,25+,26+,28+,29-,30-,31-,32+/m0/s1. The summed E-state index contributed by atoms with van der Waals surface area (Å²) < 4.78 is 24.3. The fourth-order valence-electron chi connectivity index (χ4n) is 10.8. The largest absolute Gasteiger partial charge is 0.461 e. The van der Waals surface area contributed by atoms with Crippen molar-refractivity contribution in [3.8, 4) is 0 Å². The van der Waals surface area contributed by atoms with Crippen LogP contribution in [0.15, 0.2) is 11.1 Å². The quantitative estimate of drug-likeness (QED) is 0.393. The van der Waals surface area contributed by atoms with Crippen molar-refractivity contribution < 1.29 is 43.2 Å². The number of carbonyl (C=O) groups is 4. The van der Waals surface area contributed by atoms with Crippen molar-refractivity contribution in [2.75, 3.05) is 6.61 Å². The van der Waals surface area contributed by atoms with Crippen LogP contribution in [0.2, 0.25) is 0 Å². The molecule has 1 saturated heterocycles. The van der Waals surface area contributed by atoms with Gasteiger partial charge in [0, 0.05) is 32.1 Å². The van der Waals surface area contributed by atoms with Crippen molar-refractivity contribution >= 4 is 23.7 Å².